The Balaban J connectivity index is 2.23. The van der Waals surface area contributed by atoms with Crippen molar-refractivity contribution >= 4 is 5.97 Å². The fourth-order valence-electron chi connectivity index (χ4n) is 1.77. The SMILES string of the molecule is C#CCOC1CCCN(CCC(=O)O)C1. The minimum atomic E-state index is -0.748. The summed E-state index contributed by atoms with van der Waals surface area (Å²) in [5.74, 6) is 1.70. The third kappa shape index (κ3) is 4.82. The van der Waals surface area contributed by atoms with E-state index in [2.05, 4.69) is 10.8 Å². The van der Waals surface area contributed by atoms with Crippen LogP contribution >= 0.6 is 0 Å². The molecule has 1 aliphatic heterocycles. The fraction of sp³-hybridized carbons (Fsp3) is 0.727. The van der Waals surface area contributed by atoms with E-state index in [1.165, 1.54) is 0 Å². The first-order chi connectivity index (χ1) is 7.22. The molecule has 1 aliphatic rings. The zero-order chi connectivity index (χ0) is 11.1. The molecule has 1 heterocycles. The molecule has 0 spiro atoms. The molecule has 1 unspecified atom stereocenters. The van der Waals surface area contributed by atoms with Crippen LogP contribution in [0.15, 0.2) is 0 Å². The van der Waals surface area contributed by atoms with Crippen molar-refractivity contribution in [1.29, 1.82) is 0 Å². The lowest BCUT2D eigenvalue weighted by atomic mass is 10.1. The van der Waals surface area contributed by atoms with Gasteiger partial charge in [0.05, 0.1) is 12.5 Å². The number of aliphatic carboxylic acids is 1. The molecule has 0 aromatic carbocycles. The number of carboxylic acids is 1. The van der Waals surface area contributed by atoms with Gasteiger partial charge in [-0.3, -0.25) is 4.79 Å². The van der Waals surface area contributed by atoms with Gasteiger partial charge in [0.25, 0.3) is 0 Å². The van der Waals surface area contributed by atoms with E-state index in [4.69, 9.17) is 16.3 Å². The van der Waals surface area contributed by atoms with E-state index in [1.54, 1.807) is 0 Å². The maximum Gasteiger partial charge on any atom is 0.304 e. The molecule has 4 nitrogen and oxygen atoms in total. The molecule has 0 aromatic rings. The maximum atomic E-state index is 10.4. The number of hydrogen-bond donors (Lipinski definition) is 1. The normalized spacial score (nSPS) is 22.2. The molecule has 1 atom stereocenters. The summed E-state index contributed by atoms with van der Waals surface area (Å²) >= 11 is 0. The van der Waals surface area contributed by atoms with Crippen LogP contribution in [0.2, 0.25) is 0 Å². The third-order valence-corrected chi connectivity index (χ3v) is 2.51. The predicted molar refractivity (Wildman–Crippen MR) is 56.5 cm³/mol. The smallest absolute Gasteiger partial charge is 0.304 e. The van der Waals surface area contributed by atoms with Crippen LogP contribution in [-0.2, 0) is 9.53 Å². The van der Waals surface area contributed by atoms with Crippen molar-refractivity contribution in [2.45, 2.75) is 25.4 Å². The molecule has 4 heteroatoms. The molecule has 0 aromatic heterocycles. The Bertz CT molecular complexity index is 247. The van der Waals surface area contributed by atoms with Crippen molar-refractivity contribution in [1.82, 2.24) is 4.90 Å². The van der Waals surface area contributed by atoms with Crippen molar-refractivity contribution in [2.75, 3.05) is 26.2 Å². The van der Waals surface area contributed by atoms with Crippen molar-refractivity contribution < 1.29 is 14.6 Å². The molecule has 1 fully saturated rings. The molecular weight excluding hydrogens is 194 g/mol. The van der Waals surface area contributed by atoms with Gasteiger partial charge in [-0.1, -0.05) is 5.92 Å². The van der Waals surface area contributed by atoms with Gasteiger partial charge >= 0.3 is 5.97 Å². The van der Waals surface area contributed by atoms with Crippen LogP contribution < -0.4 is 0 Å². The van der Waals surface area contributed by atoms with E-state index < -0.39 is 5.97 Å². The molecule has 1 saturated heterocycles. The summed E-state index contributed by atoms with van der Waals surface area (Å²) in [6.07, 6.45) is 7.55. The molecule has 0 amide bonds. The second kappa shape index (κ2) is 6.44. The number of nitrogens with zero attached hydrogens (tertiary/aromatic N) is 1. The first-order valence-corrected chi connectivity index (χ1v) is 5.21. The van der Waals surface area contributed by atoms with Gasteiger partial charge in [-0.15, -0.1) is 6.42 Å². The number of terminal acetylenes is 1. The molecule has 1 rings (SSSR count). The quantitative estimate of drug-likeness (QED) is 0.676. The second-order valence-corrected chi connectivity index (χ2v) is 3.72. The van der Waals surface area contributed by atoms with Crippen molar-refractivity contribution in [2.24, 2.45) is 0 Å². The highest BCUT2D eigenvalue weighted by Crippen LogP contribution is 2.13. The van der Waals surface area contributed by atoms with Crippen LogP contribution in [0.25, 0.3) is 0 Å². The zero-order valence-electron chi connectivity index (χ0n) is 8.82. The highest BCUT2D eigenvalue weighted by atomic mass is 16.5. The number of rotatable bonds is 5. The number of carbonyl (C=O) groups is 1. The Hall–Kier alpha value is -1.05. The third-order valence-electron chi connectivity index (χ3n) is 2.51. The summed E-state index contributed by atoms with van der Waals surface area (Å²) in [5.41, 5.74) is 0. The fourth-order valence-corrected chi connectivity index (χ4v) is 1.77. The zero-order valence-corrected chi connectivity index (χ0v) is 8.82. The Morgan fingerprint density at radius 1 is 1.67 bits per heavy atom. The molecule has 15 heavy (non-hydrogen) atoms. The standard InChI is InChI=1S/C11H17NO3/c1-2-8-15-10-4-3-6-12(9-10)7-5-11(13)14/h1,10H,3-9H2,(H,13,14). The van der Waals surface area contributed by atoms with Gasteiger partial charge in [-0.2, -0.15) is 0 Å². The van der Waals surface area contributed by atoms with Crippen molar-refractivity contribution in [3.05, 3.63) is 0 Å². The minimum absolute atomic E-state index is 0.170. The average Bonchev–Trinajstić information content (AvgIpc) is 2.24. The summed E-state index contributed by atoms with van der Waals surface area (Å²) in [6, 6.07) is 0. The van der Waals surface area contributed by atoms with E-state index in [1.807, 2.05) is 0 Å². The average molecular weight is 211 g/mol. The molecular formula is C11H17NO3. The van der Waals surface area contributed by atoms with Gasteiger partial charge in [-0.05, 0) is 19.4 Å². The summed E-state index contributed by atoms with van der Waals surface area (Å²) in [6.45, 7) is 2.71. The van der Waals surface area contributed by atoms with E-state index in [-0.39, 0.29) is 12.5 Å². The lowest BCUT2D eigenvalue weighted by Crippen LogP contribution is -2.40. The monoisotopic (exact) mass is 211 g/mol. The highest BCUT2D eigenvalue weighted by molar-refractivity contribution is 5.66. The summed E-state index contributed by atoms with van der Waals surface area (Å²) in [4.78, 5) is 12.5. The van der Waals surface area contributed by atoms with Crippen LogP contribution in [0.5, 0.6) is 0 Å². The van der Waals surface area contributed by atoms with Gasteiger partial charge in [-0.25, -0.2) is 0 Å². The van der Waals surface area contributed by atoms with Gasteiger partial charge in [0.1, 0.15) is 6.61 Å². The van der Waals surface area contributed by atoms with Gasteiger partial charge in [0.2, 0.25) is 0 Å². The number of carboxylic acid groups (broad SMARTS) is 1. The van der Waals surface area contributed by atoms with Crippen LogP contribution in [0.3, 0.4) is 0 Å². The molecule has 0 saturated carbocycles. The molecule has 0 bridgehead atoms. The minimum Gasteiger partial charge on any atom is -0.481 e. The lowest BCUT2D eigenvalue weighted by Gasteiger charge is -2.31. The molecule has 1 N–H and O–H groups in total. The molecule has 0 aliphatic carbocycles. The Labute approximate surface area is 90.2 Å². The second-order valence-electron chi connectivity index (χ2n) is 3.72. The Morgan fingerprint density at radius 3 is 3.13 bits per heavy atom. The Morgan fingerprint density at radius 2 is 2.47 bits per heavy atom. The number of likely N-dealkylation sites (tertiary alicyclic amines) is 1. The Kier molecular flexibility index (Phi) is 5.16. The lowest BCUT2D eigenvalue weighted by molar-refractivity contribution is -0.137. The van der Waals surface area contributed by atoms with Gasteiger partial charge in [0, 0.05) is 13.1 Å². The summed E-state index contributed by atoms with van der Waals surface area (Å²) in [7, 11) is 0. The van der Waals surface area contributed by atoms with Crippen LogP contribution in [-0.4, -0.2) is 48.3 Å². The van der Waals surface area contributed by atoms with Crippen LogP contribution in [0, 0.1) is 12.3 Å². The van der Waals surface area contributed by atoms with Crippen molar-refractivity contribution in [3.8, 4) is 12.3 Å². The van der Waals surface area contributed by atoms with E-state index in [0.29, 0.717) is 13.2 Å². The highest BCUT2D eigenvalue weighted by Gasteiger charge is 2.20. The van der Waals surface area contributed by atoms with E-state index in [0.717, 1.165) is 25.9 Å². The summed E-state index contributed by atoms with van der Waals surface area (Å²) < 4.78 is 5.44. The first kappa shape index (κ1) is 12.0. The van der Waals surface area contributed by atoms with Gasteiger partial charge < -0.3 is 14.7 Å². The van der Waals surface area contributed by atoms with Crippen LogP contribution in [0.1, 0.15) is 19.3 Å². The number of piperidine rings is 1. The maximum absolute atomic E-state index is 10.4. The van der Waals surface area contributed by atoms with Crippen molar-refractivity contribution in [3.63, 3.8) is 0 Å². The van der Waals surface area contributed by atoms with Crippen LogP contribution in [0.4, 0.5) is 0 Å². The number of ether oxygens (including phenoxy) is 1. The predicted octanol–water partition coefficient (Wildman–Crippen LogP) is 0.575. The molecule has 84 valence electrons. The van der Waals surface area contributed by atoms with E-state index >= 15 is 0 Å². The first-order valence-electron chi connectivity index (χ1n) is 5.21. The van der Waals surface area contributed by atoms with E-state index in [9.17, 15) is 4.79 Å². The number of hydrogen-bond acceptors (Lipinski definition) is 3. The van der Waals surface area contributed by atoms with Gasteiger partial charge in [0.15, 0.2) is 0 Å². The topological polar surface area (TPSA) is 49.8 Å². The summed E-state index contributed by atoms with van der Waals surface area (Å²) in [5, 5.41) is 8.57. The largest absolute Gasteiger partial charge is 0.481 e. The molecule has 0 radical (unpaired) electrons.